The molecular formula is C12H15N3S. The number of rotatable bonds is 2. The van der Waals surface area contributed by atoms with Gasteiger partial charge in [-0.2, -0.15) is 0 Å². The van der Waals surface area contributed by atoms with E-state index in [4.69, 9.17) is 12.2 Å². The van der Waals surface area contributed by atoms with Crippen LogP contribution in [0.1, 0.15) is 31.5 Å². The van der Waals surface area contributed by atoms with Gasteiger partial charge >= 0.3 is 0 Å². The number of aromatic nitrogens is 3. The van der Waals surface area contributed by atoms with E-state index >= 15 is 0 Å². The van der Waals surface area contributed by atoms with Gasteiger partial charge in [-0.15, -0.1) is 0 Å². The van der Waals surface area contributed by atoms with E-state index < -0.39 is 0 Å². The molecule has 3 nitrogen and oxygen atoms in total. The van der Waals surface area contributed by atoms with E-state index in [9.17, 15) is 0 Å². The SMILES string of the molecule is Cc1ccc2[nH]c(=S)n(C(C)C3CC3)c2n1. The van der Waals surface area contributed by atoms with Crippen LogP contribution < -0.4 is 0 Å². The van der Waals surface area contributed by atoms with Crippen LogP contribution in [-0.4, -0.2) is 14.5 Å². The molecule has 1 atom stereocenters. The summed E-state index contributed by atoms with van der Waals surface area (Å²) < 4.78 is 2.97. The summed E-state index contributed by atoms with van der Waals surface area (Å²) in [5, 5.41) is 0. The third-order valence-corrected chi connectivity index (χ3v) is 3.71. The molecule has 3 rings (SSSR count). The molecule has 2 aromatic rings. The number of hydrogen-bond donors (Lipinski definition) is 1. The highest BCUT2D eigenvalue weighted by Gasteiger charge is 2.30. The van der Waals surface area contributed by atoms with Gasteiger partial charge in [-0.1, -0.05) is 0 Å². The Bertz CT molecular complexity index is 592. The number of H-pyrrole nitrogens is 1. The molecule has 2 heterocycles. The predicted molar refractivity (Wildman–Crippen MR) is 67.1 cm³/mol. The number of fused-ring (bicyclic) bond motifs is 1. The highest BCUT2D eigenvalue weighted by atomic mass is 32.1. The molecule has 16 heavy (non-hydrogen) atoms. The van der Waals surface area contributed by atoms with Crippen LogP contribution in [0.5, 0.6) is 0 Å². The summed E-state index contributed by atoms with van der Waals surface area (Å²) in [4.78, 5) is 7.83. The summed E-state index contributed by atoms with van der Waals surface area (Å²) in [5.41, 5.74) is 3.09. The van der Waals surface area contributed by atoms with E-state index in [0.29, 0.717) is 6.04 Å². The molecule has 1 aliphatic rings. The van der Waals surface area contributed by atoms with Crippen molar-refractivity contribution in [3.05, 3.63) is 22.6 Å². The van der Waals surface area contributed by atoms with Gasteiger partial charge in [0.05, 0.1) is 5.52 Å². The fraction of sp³-hybridized carbons (Fsp3) is 0.500. The number of aromatic amines is 1. The number of nitrogens with zero attached hydrogens (tertiary/aromatic N) is 2. The van der Waals surface area contributed by atoms with Crippen molar-refractivity contribution < 1.29 is 0 Å². The van der Waals surface area contributed by atoms with Crippen LogP contribution in [0.4, 0.5) is 0 Å². The van der Waals surface area contributed by atoms with Crippen LogP contribution in [0.2, 0.25) is 0 Å². The van der Waals surface area contributed by atoms with Crippen molar-refractivity contribution in [2.45, 2.75) is 32.7 Å². The number of pyridine rings is 1. The van der Waals surface area contributed by atoms with Crippen molar-refractivity contribution in [1.82, 2.24) is 14.5 Å². The summed E-state index contributed by atoms with van der Waals surface area (Å²) in [6.07, 6.45) is 2.64. The molecule has 0 spiro atoms. The molecule has 0 amide bonds. The second kappa shape index (κ2) is 3.42. The van der Waals surface area contributed by atoms with Crippen LogP contribution >= 0.6 is 12.2 Å². The fourth-order valence-corrected chi connectivity index (χ4v) is 2.63. The summed E-state index contributed by atoms with van der Waals surface area (Å²) in [6.45, 7) is 4.26. The topological polar surface area (TPSA) is 33.6 Å². The van der Waals surface area contributed by atoms with Crippen LogP contribution in [0, 0.1) is 17.6 Å². The van der Waals surface area contributed by atoms with Gasteiger partial charge < -0.3 is 4.98 Å². The van der Waals surface area contributed by atoms with E-state index in [2.05, 4.69) is 27.5 Å². The standard InChI is InChI=1S/C12H15N3S/c1-7-3-6-10-11(13-7)15(12(16)14-10)8(2)9-4-5-9/h3,6,8-9H,4-5H2,1-2H3,(H,14,16). The molecule has 1 unspecified atom stereocenters. The minimum Gasteiger partial charge on any atom is -0.329 e. The fourth-order valence-electron chi connectivity index (χ4n) is 2.26. The lowest BCUT2D eigenvalue weighted by Gasteiger charge is -2.12. The predicted octanol–water partition coefficient (Wildman–Crippen LogP) is 3.37. The Morgan fingerprint density at radius 2 is 2.25 bits per heavy atom. The minimum atomic E-state index is 0.468. The second-order valence-electron chi connectivity index (χ2n) is 4.70. The first-order valence-electron chi connectivity index (χ1n) is 5.74. The molecule has 0 bridgehead atoms. The normalized spacial score (nSPS) is 17.9. The van der Waals surface area contributed by atoms with Crippen molar-refractivity contribution in [2.24, 2.45) is 5.92 Å². The van der Waals surface area contributed by atoms with Crippen molar-refractivity contribution in [3.8, 4) is 0 Å². The maximum absolute atomic E-state index is 5.39. The third kappa shape index (κ3) is 1.48. The quantitative estimate of drug-likeness (QED) is 0.807. The zero-order valence-corrected chi connectivity index (χ0v) is 10.3. The van der Waals surface area contributed by atoms with Gasteiger partial charge in [-0.3, -0.25) is 4.57 Å². The molecule has 1 saturated carbocycles. The Labute approximate surface area is 99.5 Å². The molecule has 1 aliphatic carbocycles. The summed E-state index contributed by atoms with van der Waals surface area (Å²) in [5.74, 6) is 0.785. The Morgan fingerprint density at radius 1 is 1.50 bits per heavy atom. The third-order valence-electron chi connectivity index (χ3n) is 3.41. The van der Waals surface area contributed by atoms with E-state index in [1.165, 1.54) is 12.8 Å². The van der Waals surface area contributed by atoms with Crippen molar-refractivity contribution in [3.63, 3.8) is 0 Å². The van der Waals surface area contributed by atoms with Gasteiger partial charge in [0.15, 0.2) is 10.4 Å². The lowest BCUT2D eigenvalue weighted by Crippen LogP contribution is -2.08. The zero-order valence-electron chi connectivity index (χ0n) is 9.53. The molecule has 0 saturated heterocycles. The molecule has 84 valence electrons. The van der Waals surface area contributed by atoms with Crippen molar-refractivity contribution >= 4 is 23.4 Å². The first-order valence-corrected chi connectivity index (χ1v) is 6.15. The van der Waals surface area contributed by atoms with Crippen LogP contribution in [0.25, 0.3) is 11.2 Å². The molecule has 1 fully saturated rings. The Kier molecular flexibility index (Phi) is 2.14. The van der Waals surface area contributed by atoms with Crippen LogP contribution in [0.15, 0.2) is 12.1 Å². The second-order valence-corrected chi connectivity index (χ2v) is 5.09. The summed E-state index contributed by atoms with van der Waals surface area (Å²) >= 11 is 5.39. The zero-order chi connectivity index (χ0) is 11.3. The van der Waals surface area contributed by atoms with Gasteiger partial charge in [0.1, 0.15) is 0 Å². The smallest absolute Gasteiger partial charge is 0.179 e. The van der Waals surface area contributed by atoms with Gasteiger partial charge in [0.2, 0.25) is 0 Å². The highest BCUT2D eigenvalue weighted by molar-refractivity contribution is 7.71. The van der Waals surface area contributed by atoms with Crippen molar-refractivity contribution in [1.29, 1.82) is 0 Å². The first-order chi connectivity index (χ1) is 7.66. The van der Waals surface area contributed by atoms with Crippen molar-refractivity contribution in [2.75, 3.05) is 0 Å². The number of aryl methyl sites for hydroxylation is 1. The molecule has 1 N–H and O–H groups in total. The van der Waals surface area contributed by atoms with Crippen LogP contribution in [-0.2, 0) is 0 Å². The van der Waals surface area contributed by atoms with Gasteiger partial charge in [0, 0.05) is 11.7 Å². The Balaban J connectivity index is 2.24. The highest BCUT2D eigenvalue weighted by Crippen LogP contribution is 2.40. The van der Waals surface area contributed by atoms with Crippen LogP contribution in [0.3, 0.4) is 0 Å². The Morgan fingerprint density at radius 3 is 2.94 bits per heavy atom. The Hall–Kier alpha value is -1.16. The van der Waals surface area contributed by atoms with E-state index in [1.54, 1.807) is 0 Å². The summed E-state index contributed by atoms with van der Waals surface area (Å²) in [7, 11) is 0. The van der Waals surface area contributed by atoms with Gasteiger partial charge in [-0.25, -0.2) is 4.98 Å². The lowest BCUT2D eigenvalue weighted by molar-refractivity contribution is 0.490. The average Bonchev–Trinajstić information content (AvgIpc) is 3.01. The van der Waals surface area contributed by atoms with Gasteiger partial charge in [-0.05, 0) is 57.0 Å². The van der Waals surface area contributed by atoms with Gasteiger partial charge in [0.25, 0.3) is 0 Å². The molecule has 2 aromatic heterocycles. The van der Waals surface area contributed by atoms with E-state index in [1.807, 2.05) is 13.0 Å². The lowest BCUT2D eigenvalue weighted by atomic mass is 10.2. The molecule has 0 aromatic carbocycles. The number of nitrogens with one attached hydrogen (secondary N) is 1. The first kappa shape index (κ1) is 10.0. The summed E-state index contributed by atoms with van der Waals surface area (Å²) in [6, 6.07) is 4.54. The molecule has 0 radical (unpaired) electrons. The average molecular weight is 233 g/mol. The monoisotopic (exact) mass is 233 g/mol. The maximum Gasteiger partial charge on any atom is 0.179 e. The van der Waals surface area contributed by atoms with E-state index in [-0.39, 0.29) is 0 Å². The number of imidazole rings is 1. The molecular weight excluding hydrogens is 218 g/mol. The van der Waals surface area contributed by atoms with E-state index in [0.717, 1.165) is 27.5 Å². The number of hydrogen-bond acceptors (Lipinski definition) is 2. The molecule has 0 aliphatic heterocycles. The minimum absolute atomic E-state index is 0.468. The maximum atomic E-state index is 5.39. The molecule has 4 heteroatoms. The largest absolute Gasteiger partial charge is 0.329 e.